The summed E-state index contributed by atoms with van der Waals surface area (Å²) in [5.74, 6) is -0.358. The Hall–Kier alpha value is -2.58. The number of esters is 1. The molecule has 62 heavy (non-hydrogen) atoms. The molecule has 0 radical (unpaired) electrons. The van der Waals surface area contributed by atoms with Crippen LogP contribution in [0.25, 0.3) is 0 Å². The van der Waals surface area contributed by atoms with E-state index in [1.165, 1.54) is 51.4 Å². The summed E-state index contributed by atoms with van der Waals surface area (Å²) >= 11 is 0. The van der Waals surface area contributed by atoms with Crippen molar-refractivity contribution in [2.24, 2.45) is 0 Å². The first kappa shape index (κ1) is 59.4. The maximum atomic E-state index is 12.7. The van der Waals surface area contributed by atoms with Crippen molar-refractivity contribution < 1.29 is 37.3 Å². The summed E-state index contributed by atoms with van der Waals surface area (Å²) in [7, 11) is 1.31. The van der Waals surface area contributed by atoms with Gasteiger partial charge in [-0.05, 0) is 96.3 Å². The van der Waals surface area contributed by atoms with Crippen molar-refractivity contribution in [3.8, 4) is 0 Å². The molecule has 0 fully saturated rings. The van der Waals surface area contributed by atoms with Crippen LogP contribution in [0.5, 0.6) is 0 Å². The zero-order valence-corrected chi connectivity index (χ0v) is 41.2. The van der Waals surface area contributed by atoms with Gasteiger partial charge in [0.25, 0.3) is 7.82 Å². The Kier molecular flexibility index (Phi) is 43.1. The van der Waals surface area contributed by atoms with Gasteiger partial charge in [0.15, 0.2) is 0 Å². The molecule has 0 heterocycles. The van der Waals surface area contributed by atoms with E-state index in [1.54, 1.807) is 0 Å². The highest BCUT2D eigenvalue weighted by Crippen LogP contribution is 2.38. The van der Waals surface area contributed by atoms with Gasteiger partial charge in [-0.1, -0.05) is 169 Å². The summed E-state index contributed by atoms with van der Waals surface area (Å²) < 4.78 is 34.6. The second kappa shape index (κ2) is 45.0. The van der Waals surface area contributed by atoms with E-state index in [-0.39, 0.29) is 32.2 Å². The van der Waals surface area contributed by atoms with E-state index in [9.17, 15) is 14.3 Å². The average Bonchev–Trinajstić information content (AvgIpc) is 3.23. The first-order valence-corrected chi connectivity index (χ1v) is 25.9. The van der Waals surface area contributed by atoms with Gasteiger partial charge >= 0.3 is 5.97 Å². The standard InChI is InChI=1S/C53H92NO7P/c1-6-8-10-12-14-16-18-20-22-24-26-27-28-29-31-33-35-37-39-41-43-45-48-58-50-52(51-60-62(56,57)59-49-47-54(3,4)5)61-53(55)46-44-42-40-38-36-34-32-30-25-23-21-19-17-15-13-11-9-7-2/h8,10,14,16-17,19-20,22-23,25-27,29,31,35,37,52H,6-7,9,11-13,15,18,21,24,28,30,32-34,36,38-51H2,1-5H3/b10-8-,16-14-,19-17-,22-20-,25-23-,27-26-,31-29-,37-35-. The van der Waals surface area contributed by atoms with Crippen LogP contribution in [0.1, 0.15) is 174 Å². The lowest BCUT2D eigenvalue weighted by Gasteiger charge is -2.28. The van der Waals surface area contributed by atoms with Crippen molar-refractivity contribution in [1.82, 2.24) is 0 Å². The van der Waals surface area contributed by atoms with Crippen LogP contribution in [0.2, 0.25) is 0 Å². The molecule has 0 aliphatic carbocycles. The molecule has 0 bridgehead atoms. The van der Waals surface area contributed by atoms with Crippen LogP contribution in [0.15, 0.2) is 97.2 Å². The lowest BCUT2D eigenvalue weighted by atomic mass is 10.1. The molecule has 0 rings (SSSR count). The summed E-state index contributed by atoms with van der Waals surface area (Å²) in [6, 6.07) is 0. The predicted octanol–water partition coefficient (Wildman–Crippen LogP) is 14.4. The maximum absolute atomic E-state index is 12.7. The van der Waals surface area contributed by atoms with Gasteiger partial charge in [-0.15, -0.1) is 0 Å². The zero-order chi connectivity index (χ0) is 45.5. The van der Waals surface area contributed by atoms with E-state index in [0.717, 1.165) is 103 Å². The minimum Gasteiger partial charge on any atom is -0.756 e. The second-order valence-electron chi connectivity index (χ2n) is 17.1. The number of hydrogen-bond donors (Lipinski definition) is 0. The third-order valence-electron chi connectivity index (χ3n) is 9.87. The van der Waals surface area contributed by atoms with Gasteiger partial charge in [-0.2, -0.15) is 0 Å². The summed E-state index contributed by atoms with van der Waals surface area (Å²) in [6.45, 7) is 5.16. The molecule has 0 saturated heterocycles. The summed E-state index contributed by atoms with van der Waals surface area (Å²) in [5.41, 5.74) is 0. The van der Waals surface area contributed by atoms with Crippen LogP contribution < -0.4 is 4.89 Å². The fraction of sp³-hybridized carbons (Fsp3) is 0.679. The SMILES string of the molecule is CC/C=C\C/C=C\C/C=C\C/C=C\C/C=C\C/C=C\CCCCCOCC(COP(=O)([O-])OCC[N+](C)(C)C)OC(=O)CCCCCCCCC/C=C\C/C=C\CCCCCC. The van der Waals surface area contributed by atoms with Gasteiger partial charge in [0, 0.05) is 13.0 Å². The van der Waals surface area contributed by atoms with E-state index in [4.69, 9.17) is 18.5 Å². The van der Waals surface area contributed by atoms with Crippen LogP contribution in [-0.4, -0.2) is 70.7 Å². The molecule has 2 atom stereocenters. The number of hydrogen-bond acceptors (Lipinski definition) is 7. The summed E-state index contributed by atoms with van der Waals surface area (Å²) in [6.07, 6.45) is 61.4. The van der Waals surface area contributed by atoms with Gasteiger partial charge in [0.1, 0.15) is 19.3 Å². The van der Waals surface area contributed by atoms with E-state index in [1.807, 2.05) is 21.1 Å². The lowest BCUT2D eigenvalue weighted by Crippen LogP contribution is -2.37. The highest BCUT2D eigenvalue weighted by molar-refractivity contribution is 7.45. The molecule has 0 aromatic carbocycles. The Morgan fingerprint density at radius 3 is 1.40 bits per heavy atom. The van der Waals surface area contributed by atoms with E-state index < -0.39 is 13.9 Å². The number of quaternary nitrogens is 1. The van der Waals surface area contributed by atoms with Crippen LogP contribution in [0.3, 0.4) is 0 Å². The smallest absolute Gasteiger partial charge is 0.306 e. The third-order valence-corrected chi connectivity index (χ3v) is 10.8. The van der Waals surface area contributed by atoms with Crippen molar-refractivity contribution in [2.45, 2.75) is 180 Å². The van der Waals surface area contributed by atoms with Crippen molar-refractivity contribution in [3.63, 3.8) is 0 Å². The van der Waals surface area contributed by atoms with Gasteiger partial charge in [-0.3, -0.25) is 9.36 Å². The molecule has 0 saturated carbocycles. The number of phosphoric acid groups is 1. The highest BCUT2D eigenvalue weighted by atomic mass is 31.2. The van der Waals surface area contributed by atoms with Crippen LogP contribution >= 0.6 is 7.82 Å². The quantitative estimate of drug-likeness (QED) is 0.0198. The highest BCUT2D eigenvalue weighted by Gasteiger charge is 2.20. The molecular formula is C53H92NO7P. The van der Waals surface area contributed by atoms with Crippen molar-refractivity contribution in [1.29, 1.82) is 0 Å². The van der Waals surface area contributed by atoms with Crippen molar-refractivity contribution >= 4 is 13.8 Å². The predicted molar refractivity (Wildman–Crippen MR) is 263 cm³/mol. The number of allylic oxidation sites excluding steroid dienone is 16. The Labute approximate surface area is 381 Å². The summed E-state index contributed by atoms with van der Waals surface area (Å²) in [4.78, 5) is 25.1. The normalized spacial score (nSPS) is 14.5. The number of ether oxygens (including phenoxy) is 2. The number of likely N-dealkylation sites (N-methyl/N-ethyl adjacent to an activating group) is 1. The minimum absolute atomic E-state index is 0.0119. The Morgan fingerprint density at radius 2 is 0.935 bits per heavy atom. The molecule has 0 spiro atoms. The number of carbonyl (C=O) groups is 1. The molecule has 8 nitrogen and oxygen atoms in total. The molecule has 0 aliphatic heterocycles. The van der Waals surface area contributed by atoms with E-state index >= 15 is 0 Å². The molecule has 0 amide bonds. The fourth-order valence-corrected chi connectivity index (χ4v) is 6.84. The van der Waals surface area contributed by atoms with Gasteiger partial charge in [0.05, 0.1) is 34.4 Å². The Balaban J connectivity index is 4.30. The van der Waals surface area contributed by atoms with Crippen LogP contribution in [0, 0.1) is 0 Å². The van der Waals surface area contributed by atoms with E-state index in [0.29, 0.717) is 17.6 Å². The van der Waals surface area contributed by atoms with E-state index in [2.05, 4.69) is 111 Å². The van der Waals surface area contributed by atoms with Gasteiger partial charge in [-0.25, -0.2) is 0 Å². The van der Waals surface area contributed by atoms with Crippen molar-refractivity contribution in [3.05, 3.63) is 97.2 Å². The largest absolute Gasteiger partial charge is 0.756 e. The van der Waals surface area contributed by atoms with Gasteiger partial charge < -0.3 is 27.9 Å². The third kappa shape index (κ3) is 48.5. The maximum Gasteiger partial charge on any atom is 0.306 e. The second-order valence-corrected chi connectivity index (χ2v) is 18.5. The molecule has 2 unspecified atom stereocenters. The average molecular weight is 886 g/mol. The number of rotatable bonds is 44. The molecule has 0 aliphatic rings. The molecular weight excluding hydrogens is 794 g/mol. The molecule has 0 aromatic rings. The first-order chi connectivity index (χ1) is 30.1. The first-order valence-electron chi connectivity index (χ1n) is 24.5. The lowest BCUT2D eigenvalue weighted by molar-refractivity contribution is -0.870. The minimum atomic E-state index is -4.55. The number of unbranched alkanes of at least 4 members (excludes halogenated alkanes) is 14. The Morgan fingerprint density at radius 1 is 0.516 bits per heavy atom. The molecule has 9 heteroatoms. The zero-order valence-electron chi connectivity index (χ0n) is 40.3. The fourth-order valence-electron chi connectivity index (χ4n) is 6.11. The van der Waals surface area contributed by atoms with Crippen LogP contribution in [-0.2, 0) is 27.9 Å². The topological polar surface area (TPSA) is 94.1 Å². The summed E-state index contributed by atoms with van der Waals surface area (Å²) in [5, 5.41) is 0. The number of phosphoric ester groups is 1. The van der Waals surface area contributed by atoms with Gasteiger partial charge in [0.2, 0.25) is 0 Å². The van der Waals surface area contributed by atoms with Crippen molar-refractivity contribution in [2.75, 3.05) is 54.1 Å². The Bertz CT molecular complexity index is 1310. The number of carbonyl (C=O) groups excluding carboxylic acids is 1. The molecule has 356 valence electrons. The molecule has 0 aromatic heterocycles. The monoisotopic (exact) mass is 886 g/mol. The van der Waals surface area contributed by atoms with Crippen LogP contribution in [0.4, 0.5) is 0 Å². The number of nitrogens with zero attached hydrogens (tertiary/aromatic N) is 1. The molecule has 0 N–H and O–H groups in total.